The van der Waals surface area contributed by atoms with E-state index in [-0.39, 0.29) is 169 Å². The molecule has 0 aliphatic heterocycles. The number of aromatic carboxylic acids is 1. The maximum Gasteiger partial charge on any atom is 1.00 e. The van der Waals surface area contributed by atoms with Gasteiger partial charge in [0.2, 0.25) is 0 Å². The molecule has 0 bridgehead atoms. The molecule has 0 spiro atoms. The second kappa shape index (κ2) is 25.7. The summed E-state index contributed by atoms with van der Waals surface area (Å²) in [5, 5.41) is 68.4. The summed E-state index contributed by atoms with van der Waals surface area (Å²) >= 11 is 0. The van der Waals surface area contributed by atoms with Crippen molar-refractivity contribution in [2.45, 2.75) is 21.6 Å². The minimum absolute atomic E-state index is 0. The molecule has 0 saturated heterocycles. The molecule has 8 aromatic rings. The Kier molecular flexibility index (Phi) is 21.5. The SMILES string of the molecule is Cc1c(N)c(N=Nc2ccc(-c3ccc(N=Nc4ccc([O-])c(C(=O)[O-])c4)cc3)cc2)cc(N=Nc2cc3c([O-])c(N=Nc4ccc(S(=O)(=O)[O-])c5ccccc45)c(S(=O)(=O)O)cc3cc2S(=O)(=O)O)c1N.[Na+].[Na+].[Na+].[Na+]. The van der Waals surface area contributed by atoms with Crippen molar-refractivity contribution in [1.29, 1.82) is 0 Å². The molecular weight excluding hydrogens is 1090 g/mol. The van der Waals surface area contributed by atoms with Gasteiger partial charge in [0.05, 0.1) is 50.7 Å². The van der Waals surface area contributed by atoms with E-state index in [2.05, 4.69) is 40.9 Å². The van der Waals surface area contributed by atoms with E-state index < -0.39 is 90.2 Å². The van der Waals surface area contributed by atoms with Gasteiger partial charge in [-0.3, -0.25) is 9.11 Å². The van der Waals surface area contributed by atoms with Gasteiger partial charge in [0, 0.05) is 10.8 Å². The van der Waals surface area contributed by atoms with Crippen molar-refractivity contribution < 1.29 is 177 Å². The molecule has 0 atom stereocenters. The number of anilines is 2. The van der Waals surface area contributed by atoms with Crippen molar-refractivity contribution in [2.75, 3.05) is 11.5 Å². The zero-order valence-electron chi connectivity index (χ0n) is 40.5. The van der Waals surface area contributed by atoms with Gasteiger partial charge in [0.1, 0.15) is 37.0 Å². The molecule has 76 heavy (non-hydrogen) atoms. The van der Waals surface area contributed by atoms with E-state index in [0.717, 1.165) is 41.5 Å². The van der Waals surface area contributed by atoms with Crippen LogP contribution in [0.3, 0.4) is 0 Å². The van der Waals surface area contributed by atoms with Crippen LogP contribution < -0.4 is 145 Å². The number of benzene rings is 8. The fourth-order valence-corrected chi connectivity index (χ4v) is 9.06. The minimum atomic E-state index is -5.28. The molecular formula is C46H30N10Na4O13S3. The van der Waals surface area contributed by atoms with Crippen LogP contribution in [0, 0.1) is 6.92 Å². The van der Waals surface area contributed by atoms with Gasteiger partial charge in [0.25, 0.3) is 20.2 Å². The maximum absolute atomic E-state index is 14.0. The Morgan fingerprint density at radius 1 is 0.500 bits per heavy atom. The number of hydrogen-bond acceptors (Lipinski definition) is 21. The number of carboxylic acids is 1. The van der Waals surface area contributed by atoms with E-state index in [1.54, 1.807) is 48.5 Å². The van der Waals surface area contributed by atoms with Crippen LogP contribution in [0.2, 0.25) is 0 Å². The average molecular weight is 1120 g/mol. The van der Waals surface area contributed by atoms with Gasteiger partial charge in [-0.1, -0.05) is 66.1 Å². The molecule has 0 unspecified atom stereocenters. The summed E-state index contributed by atoms with van der Waals surface area (Å²) in [7, 11) is -15.4. The largest absolute Gasteiger partial charge is 1.00 e. The summed E-state index contributed by atoms with van der Waals surface area (Å²) in [5.41, 5.74) is 13.3. The third-order valence-electron chi connectivity index (χ3n) is 10.8. The van der Waals surface area contributed by atoms with Crippen molar-refractivity contribution >= 4 is 115 Å². The van der Waals surface area contributed by atoms with Gasteiger partial charge in [-0.2, -0.15) is 32.2 Å². The molecule has 23 nitrogen and oxygen atoms in total. The Bertz CT molecular complexity index is 4060. The van der Waals surface area contributed by atoms with E-state index in [1.165, 1.54) is 43.3 Å². The van der Waals surface area contributed by atoms with E-state index >= 15 is 0 Å². The van der Waals surface area contributed by atoms with Crippen LogP contribution in [0.15, 0.2) is 183 Å². The van der Waals surface area contributed by atoms with Crippen LogP contribution in [0.1, 0.15) is 15.9 Å². The van der Waals surface area contributed by atoms with Gasteiger partial charge >= 0.3 is 118 Å². The smallest absolute Gasteiger partial charge is 0.872 e. The Morgan fingerprint density at radius 2 is 0.974 bits per heavy atom. The number of nitrogen functional groups attached to an aromatic ring is 2. The van der Waals surface area contributed by atoms with Crippen LogP contribution in [0.4, 0.5) is 56.9 Å². The number of fused-ring (bicyclic) bond motifs is 2. The molecule has 0 aliphatic carbocycles. The van der Waals surface area contributed by atoms with Gasteiger partial charge < -0.3 is 36.1 Å². The Morgan fingerprint density at radius 3 is 1.51 bits per heavy atom. The predicted molar refractivity (Wildman–Crippen MR) is 254 cm³/mol. The summed E-state index contributed by atoms with van der Waals surface area (Å²) < 4.78 is 107. The quantitative estimate of drug-likeness (QED) is 0.0381. The normalized spacial score (nSPS) is 11.9. The summed E-state index contributed by atoms with van der Waals surface area (Å²) in [4.78, 5) is 8.53. The van der Waals surface area contributed by atoms with E-state index in [1.807, 2.05) is 0 Å². The van der Waals surface area contributed by atoms with Gasteiger partial charge in [-0.15, -0.1) is 25.6 Å². The Labute approximate surface area is 520 Å². The third-order valence-corrected chi connectivity index (χ3v) is 13.4. The fraction of sp³-hybridized carbons (Fsp3) is 0.0217. The molecule has 0 aliphatic rings. The van der Waals surface area contributed by atoms with Crippen molar-refractivity contribution in [2.24, 2.45) is 40.9 Å². The molecule has 0 heterocycles. The molecule has 8 rings (SSSR count). The molecule has 30 heteroatoms. The van der Waals surface area contributed by atoms with E-state index in [9.17, 15) is 59.0 Å². The number of azo groups is 4. The molecule has 0 radical (unpaired) electrons. The molecule has 364 valence electrons. The summed E-state index contributed by atoms with van der Waals surface area (Å²) in [5.74, 6) is -3.55. The number of rotatable bonds is 13. The first-order valence-electron chi connectivity index (χ1n) is 20.3. The van der Waals surface area contributed by atoms with Crippen molar-refractivity contribution in [3.8, 4) is 22.6 Å². The second-order valence-electron chi connectivity index (χ2n) is 15.4. The van der Waals surface area contributed by atoms with Gasteiger partial charge in [-0.25, -0.2) is 8.42 Å². The van der Waals surface area contributed by atoms with Crippen LogP contribution >= 0.6 is 0 Å². The van der Waals surface area contributed by atoms with Crippen molar-refractivity contribution in [1.82, 2.24) is 0 Å². The zero-order valence-corrected chi connectivity index (χ0v) is 50.9. The zero-order chi connectivity index (χ0) is 51.9. The summed E-state index contributed by atoms with van der Waals surface area (Å²) in [6.07, 6.45) is 0. The minimum Gasteiger partial charge on any atom is -0.872 e. The average Bonchev–Trinajstić information content (AvgIpc) is 3.33. The van der Waals surface area contributed by atoms with Crippen LogP contribution in [-0.2, 0) is 30.4 Å². The molecule has 0 amide bonds. The number of nitrogens with two attached hydrogens (primary N) is 2. The van der Waals surface area contributed by atoms with Crippen molar-refractivity contribution in [3.05, 3.63) is 139 Å². The third kappa shape index (κ3) is 14.2. The predicted octanol–water partition coefficient (Wildman–Crippen LogP) is -3.28. The number of hydrogen-bond donors (Lipinski definition) is 4. The molecule has 6 N–H and O–H groups in total. The molecule has 0 saturated carbocycles. The number of nitrogens with zero attached hydrogens (tertiary/aromatic N) is 8. The van der Waals surface area contributed by atoms with E-state index in [0.29, 0.717) is 23.5 Å². The Hall–Kier alpha value is -4.92. The maximum atomic E-state index is 14.0. The monoisotopic (exact) mass is 1120 g/mol. The first kappa shape index (κ1) is 63.6. The van der Waals surface area contributed by atoms with E-state index in [4.69, 9.17) is 11.5 Å². The van der Waals surface area contributed by atoms with Gasteiger partial charge in [0.15, 0.2) is 0 Å². The Balaban J connectivity index is 0.00000312. The topological polar surface area (TPSA) is 403 Å². The number of carbonyl (C=O) groups is 1. The fourth-order valence-electron chi connectivity index (χ4n) is 7.09. The molecule has 8 aromatic carbocycles. The summed E-state index contributed by atoms with van der Waals surface area (Å²) in [6.45, 7) is 1.54. The van der Waals surface area contributed by atoms with Crippen LogP contribution in [0.5, 0.6) is 11.5 Å². The van der Waals surface area contributed by atoms with Crippen molar-refractivity contribution in [3.63, 3.8) is 0 Å². The molecule has 0 fully saturated rings. The number of carbonyl (C=O) groups excluding carboxylic acids is 1. The first-order chi connectivity index (χ1) is 34.0. The van der Waals surface area contributed by atoms with Crippen LogP contribution in [-0.4, -0.2) is 44.9 Å². The first-order valence-corrected chi connectivity index (χ1v) is 24.6. The van der Waals surface area contributed by atoms with Gasteiger partial charge in [-0.05, 0) is 113 Å². The molecule has 0 aromatic heterocycles. The second-order valence-corrected chi connectivity index (χ2v) is 19.5. The standard InChI is InChI=1S/C46H34N10O13S3.4Na/c1-23-42(47)36(54-50-28-12-8-25(9-13-28)24-6-10-27(11-7-24)49-51-29-14-16-38(57)33(20-29)46(59)60)22-37(43(23)48)55-53-35-21-32-26(18-40(35)71(64,65)66)19-41(72(67,68)69)44(45(32)58)56-52-34-15-17-39(70(61,62)63)31-5-3-2-4-30(31)34;;;;/h2-22,57-58H,47-48H2,1H3,(H,59,60)(H,61,62,63)(H,64,65,66)(H,67,68,69);;;;/q;4*+1/p-4. The number of carboxylic acid groups (broad SMARTS) is 1. The summed E-state index contributed by atoms with van der Waals surface area (Å²) in [6, 6.07) is 28.5. The van der Waals surface area contributed by atoms with Crippen LogP contribution in [0.25, 0.3) is 32.7 Å².